The standard InChI is InChI=1S/C12H15F3N2O3S/c1-2-3-8-21(19,20)17-10-6-4-9(5-7-10)16-11(18)12(13,14)15/h4-7,17H,2-3,8H2,1H3,(H,16,18). The van der Waals surface area contributed by atoms with Crippen molar-refractivity contribution in [3.63, 3.8) is 0 Å². The smallest absolute Gasteiger partial charge is 0.318 e. The lowest BCUT2D eigenvalue weighted by Crippen LogP contribution is -2.29. The van der Waals surface area contributed by atoms with Crippen LogP contribution in [0.2, 0.25) is 0 Å². The fourth-order valence-corrected chi connectivity index (χ4v) is 2.65. The SMILES string of the molecule is CCCCS(=O)(=O)Nc1ccc(NC(=O)C(F)(F)F)cc1. The molecule has 0 heterocycles. The topological polar surface area (TPSA) is 75.3 Å². The van der Waals surface area contributed by atoms with Crippen LogP contribution in [0, 0.1) is 0 Å². The molecule has 0 saturated heterocycles. The van der Waals surface area contributed by atoms with E-state index in [0.717, 1.165) is 6.42 Å². The molecule has 0 spiro atoms. The van der Waals surface area contributed by atoms with Crippen LogP contribution in [0.4, 0.5) is 24.5 Å². The van der Waals surface area contributed by atoms with E-state index in [4.69, 9.17) is 0 Å². The third-order valence-electron chi connectivity index (χ3n) is 2.44. The van der Waals surface area contributed by atoms with E-state index in [0.29, 0.717) is 6.42 Å². The maximum absolute atomic E-state index is 12.1. The van der Waals surface area contributed by atoms with Gasteiger partial charge in [0, 0.05) is 11.4 Å². The highest BCUT2D eigenvalue weighted by molar-refractivity contribution is 7.92. The summed E-state index contributed by atoms with van der Waals surface area (Å²) < 4.78 is 61.7. The van der Waals surface area contributed by atoms with Gasteiger partial charge in [0.25, 0.3) is 0 Å². The van der Waals surface area contributed by atoms with E-state index in [9.17, 15) is 26.4 Å². The van der Waals surface area contributed by atoms with Crippen molar-refractivity contribution in [2.24, 2.45) is 0 Å². The van der Waals surface area contributed by atoms with Gasteiger partial charge in [0.2, 0.25) is 10.0 Å². The van der Waals surface area contributed by atoms with Gasteiger partial charge in [-0.3, -0.25) is 9.52 Å². The zero-order chi connectivity index (χ0) is 16.1. The number of hydrogen-bond donors (Lipinski definition) is 2. The Labute approximate surface area is 120 Å². The molecule has 1 amide bonds. The van der Waals surface area contributed by atoms with Crippen molar-refractivity contribution in [2.45, 2.75) is 25.9 Å². The molecule has 0 saturated carbocycles. The predicted molar refractivity (Wildman–Crippen MR) is 73.4 cm³/mol. The fourth-order valence-electron chi connectivity index (χ4n) is 1.39. The third-order valence-corrected chi connectivity index (χ3v) is 3.81. The summed E-state index contributed by atoms with van der Waals surface area (Å²) >= 11 is 0. The third kappa shape index (κ3) is 6.03. The molecule has 0 radical (unpaired) electrons. The molecule has 5 nitrogen and oxygen atoms in total. The Bertz CT molecular complexity index is 583. The van der Waals surface area contributed by atoms with E-state index in [1.807, 2.05) is 6.92 Å². The van der Waals surface area contributed by atoms with Crippen molar-refractivity contribution in [1.82, 2.24) is 0 Å². The number of carbonyl (C=O) groups excluding carboxylic acids is 1. The van der Waals surface area contributed by atoms with Crippen LogP contribution in [0.25, 0.3) is 0 Å². The molecule has 0 aromatic heterocycles. The van der Waals surface area contributed by atoms with Crippen LogP contribution in [0.3, 0.4) is 0 Å². The van der Waals surface area contributed by atoms with Crippen molar-refractivity contribution < 1.29 is 26.4 Å². The highest BCUT2D eigenvalue weighted by atomic mass is 32.2. The molecule has 1 aromatic carbocycles. The number of benzene rings is 1. The molecule has 0 atom stereocenters. The van der Waals surface area contributed by atoms with Crippen LogP contribution in [-0.4, -0.2) is 26.3 Å². The molecule has 0 aliphatic heterocycles. The Balaban J connectivity index is 2.69. The van der Waals surface area contributed by atoms with Gasteiger partial charge in [0.15, 0.2) is 0 Å². The second-order valence-electron chi connectivity index (χ2n) is 4.30. The van der Waals surface area contributed by atoms with Gasteiger partial charge in [-0.05, 0) is 30.7 Å². The van der Waals surface area contributed by atoms with Crippen LogP contribution in [-0.2, 0) is 14.8 Å². The average molecular weight is 324 g/mol. The summed E-state index contributed by atoms with van der Waals surface area (Å²) in [6.45, 7) is 1.85. The molecule has 1 rings (SSSR count). The lowest BCUT2D eigenvalue weighted by Gasteiger charge is -2.10. The van der Waals surface area contributed by atoms with Gasteiger partial charge in [0.05, 0.1) is 5.75 Å². The first-order valence-corrected chi connectivity index (χ1v) is 7.78. The van der Waals surface area contributed by atoms with E-state index in [-0.39, 0.29) is 17.1 Å². The second-order valence-corrected chi connectivity index (χ2v) is 6.15. The summed E-state index contributed by atoms with van der Waals surface area (Å²) in [5.41, 5.74) is 0.143. The molecule has 118 valence electrons. The van der Waals surface area contributed by atoms with Gasteiger partial charge in [-0.15, -0.1) is 0 Å². The number of halogens is 3. The Morgan fingerprint density at radius 1 is 1.14 bits per heavy atom. The maximum atomic E-state index is 12.1. The largest absolute Gasteiger partial charge is 0.471 e. The van der Waals surface area contributed by atoms with Crippen molar-refractivity contribution in [3.8, 4) is 0 Å². The first-order chi connectivity index (χ1) is 9.64. The Morgan fingerprint density at radius 3 is 2.14 bits per heavy atom. The molecular formula is C12H15F3N2O3S. The monoisotopic (exact) mass is 324 g/mol. The number of rotatable bonds is 6. The normalized spacial score (nSPS) is 12.0. The first-order valence-electron chi connectivity index (χ1n) is 6.13. The van der Waals surface area contributed by atoms with Gasteiger partial charge >= 0.3 is 12.1 Å². The fraction of sp³-hybridized carbons (Fsp3) is 0.417. The molecule has 0 unspecified atom stereocenters. The number of amides is 1. The van der Waals surface area contributed by atoms with Crippen molar-refractivity contribution in [2.75, 3.05) is 15.8 Å². The van der Waals surface area contributed by atoms with E-state index in [2.05, 4.69) is 4.72 Å². The molecule has 9 heteroatoms. The molecule has 0 aliphatic rings. The van der Waals surface area contributed by atoms with Crippen LogP contribution in [0.1, 0.15) is 19.8 Å². The van der Waals surface area contributed by atoms with Crippen molar-refractivity contribution in [3.05, 3.63) is 24.3 Å². The highest BCUT2D eigenvalue weighted by Gasteiger charge is 2.38. The number of carbonyl (C=O) groups is 1. The summed E-state index contributed by atoms with van der Waals surface area (Å²) in [6, 6.07) is 4.91. The minimum absolute atomic E-state index is 0.0317. The minimum Gasteiger partial charge on any atom is -0.318 e. The van der Waals surface area contributed by atoms with Crippen molar-refractivity contribution >= 4 is 27.3 Å². The zero-order valence-corrected chi connectivity index (χ0v) is 12.0. The number of hydrogen-bond acceptors (Lipinski definition) is 3. The van der Waals surface area contributed by atoms with Gasteiger partial charge < -0.3 is 5.32 Å². The molecule has 21 heavy (non-hydrogen) atoms. The van der Waals surface area contributed by atoms with E-state index >= 15 is 0 Å². The summed E-state index contributed by atoms with van der Waals surface area (Å²) in [5, 5.41) is 1.67. The van der Waals surface area contributed by atoms with E-state index in [1.165, 1.54) is 24.3 Å². The van der Waals surface area contributed by atoms with E-state index < -0.39 is 22.1 Å². The lowest BCUT2D eigenvalue weighted by molar-refractivity contribution is -0.167. The van der Waals surface area contributed by atoms with Gasteiger partial charge in [0.1, 0.15) is 0 Å². The molecule has 0 fully saturated rings. The summed E-state index contributed by atoms with van der Waals surface area (Å²) in [6.07, 6.45) is -3.74. The Morgan fingerprint density at radius 2 is 1.67 bits per heavy atom. The second kappa shape index (κ2) is 6.79. The molecule has 0 bridgehead atoms. The van der Waals surface area contributed by atoms with Crippen LogP contribution in [0.15, 0.2) is 24.3 Å². The lowest BCUT2D eigenvalue weighted by atomic mass is 10.3. The first kappa shape index (κ1) is 17.3. The number of sulfonamides is 1. The number of alkyl halides is 3. The minimum atomic E-state index is -4.97. The average Bonchev–Trinajstić information content (AvgIpc) is 2.37. The molecule has 0 aliphatic carbocycles. The Kier molecular flexibility index (Phi) is 5.59. The van der Waals surface area contributed by atoms with E-state index in [1.54, 1.807) is 5.32 Å². The van der Waals surface area contributed by atoms with Gasteiger partial charge in [-0.2, -0.15) is 13.2 Å². The Hall–Kier alpha value is -1.77. The number of unbranched alkanes of at least 4 members (excludes halogenated alkanes) is 1. The number of nitrogens with one attached hydrogen (secondary N) is 2. The summed E-state index contributed by atoms with van der Waals surface area (Å²) in [7, 11) is -3.47. The maximum Gasteiger partial charge on any atom is 0.471 e. The molecule has 1 aromatic rings. The number of anilines is 2. The summed E-state index contributed by atoms with van der Waals surface area (Å²) in [4.78, 5) is 10.7. The highest BCUT2D eigenvalue weighted by Crippen LogP contribution is 2.20. The molecular weight excluding hydrogens is 309 g/mol. The zero-order valence-electron chi connectivity index (χ0n) is 11.2. The predicted octanol–water partition coefficient (Wildman–Crippen LogP) is 2.73. The van der Waals surface area contributed by atoms with Gasteiger partial charge in [-0.1, -0.05) is 13.3 Å². The molecule has 2 N–H and O–H groups in total. The van der Waals surface area contributed by atoms with Crippen LogP contribution in [0.5, 0.6) is 0 Å². The summed E-state index contributed by atoms with van der Waals surface area (Å²) in [5.74, 6) is -2.12. The van der Waals surface area contributed by atoms with Crippen LogP contribution >= 0.6 is 0 Å². The van der Waals surface area contributed by atoms with Crippen molar-refractivity contribution in [1.29, 1.82) is 0 Å². The van der Waals surface area contributed by atoms with Gasteiger partial charge in [-0.25, -0.2) is 8.42 Å². The van der Waals surface area contributed by atoms with Crippen LogP contribution < -0.4 is 10.0 Å². The quantitative estimate of drug-likeness (QED) is 0.845.